The number of fused-ring (bicyclic) bond motifs is 1. The van der Waals surface area contributed by atoms with Crippen LogP contribution in [0.2, 0.25) is 4.34 Å². The van der Waals surface area contributed by atoms with Gasteiger partial charge in [-0.15, -0.1) is 11.3 Å². The van der Waals surface area contributed by atoms with Crippen molar-refractivity contribution in [3.8, 4) is 0 Å². The molecule has 0 spiro atoms. The van der Waals surface area contributed by atoms with Gasteiger partial charge in [-0.05, 0) is 36.4 Å². The largest absolute Gasteiger partial charge is 0.398 e. The molecule has 0 bridgehead atoms. The second-order valence-corrected chi connectivity index (χ2v) is 5.96. The van der Waals surface area contributed by atoms with Gasteiger partial charge in [0.05, 0.1) is 15.5 Å². The molecule has 96 valence electrons. The van der Waals surface area contributed by atoms with Crippen LogP contribution in [0.5, 0.6) is 0 Å². The number of thiophene rings is 1. The Bertz CT molecular complexity index is 724. The lowest BCUT2D eigenvalue weighted by molar-refractivity contribution is 1.19. The molecule has 3 N–H and O–H groups in total. The number of aromatic nitrogens is 1. The molecule has 0 amide bonds. The molecule has 0 aliphatic heterocycles. The second kappa shape index (κ2) is 5.07. The number of nitrogens with two attached hydrogens (primary N) is 1. The van der Waals surface area contributed by atoms with Gasteiger partial charge in [-0.2, -0.15) is 0 Å². The number of nitrogens with one attached hydrogen (secondary N) is 1. The average Bonchev–Trinajstić information content (AvgIpc) is 2.84. The van der Waals surface area contributed by atoms with Gasteiger partial charge >= 0.3 is 0 Å². The van der Waals surface area contributed by atoms with Crippen molar-refractivity contribution < 1.29 is 0 Å². The first-order valence-corrected chi connectivity index (χ1v) is 7.05. The standard InChI is InChI=1S/C14H12ClN3S/c15-13-6-3-9(19-13)8-18-12-5-4-11(16)10-2-1-7-17-14(10)12/h1-7,18H,8,16H2. The summed E-state index contributed by atoms with van der Waals surface area (Å²) < 4.78 is 0.803. The molecule has 0 fully saturated rings. The summed E-state index contributed by atoms with van der Waals surface area (Å²) in [6.45, 7) is 0.729. The number of hydrogen-bond donors (Lipinski definition) is 2. The Morgan fingerprint density at radius 2 is 2.11 bits per heavy atom. The van der Waals surface area contributed by atoms with E-state index in [1.807, 2.05) is 36.4 Å². The van der Waals surface area contributed by atoms with Crippen LogP contribution in [-0.4, -0.2) is 4.98 Å². The Kier molecular flexibility index (Phi) is 3.27. The summed E-state index contributed by atoms with van der Waals surface area (Å²) in [7, 11) is 0. The first-order valence-electron chi connectivity index (χ1n) is 5.85. The van der Waals surface area contributed by atoms with Gasteiger partial charge in [0.2, 0.25) is 0 Å². The molecule has 0 unspecified atom stereocenters. The topological polar surface area (TPSA) is 50.9 Å². The van der Waals surface area contributed by atoms with Crippen LogP contribution in [0.15, 0.2) is 42.6 Å². The molecule has 5 heteroatoms. The minimum atomic E-state index is 0.729. The number of nitrogen functional groups attached to an aromatic ring is 1. The summed E-state index contributed by atoms with van der Waals surface area (Å²) in [6.07, 6.45) is 1.77. The molecular formula is C14H12ClN3S. The quantitative estimate of drug-likeness (QED) is 0.712. The number of halogens is 1. The molecule has 0 radical (unpaired) electrons. The zero-order valence-corrected chi connectivity index (χ0v) is 11.6. The molecular weight excluding hydrogens is 278 g/mol. The maximum absolute atomic E-state index is 5.95. The predicted octanol–water partition coefficient (Wildman–Crippen LogP) is 4.14. The lowest BCUT2D eigenvalue weighted by Crippen LogP contribution is -2.00. The summed E-state index contributed by atoms with van der Waals surface area (Å²) in [5, 5.41) is 4.35. The van der Waals surface area contributed by atoms with Crippen molar-refractivity contribution in [1.29, 1.82) is 0 Å². The SMILES string of the molecule is Nc1ccc(NCc2ccc(Cl)s2)c2ncccc12. The molecule has 1 aromatic carbocycles. The van der Waals surface area contributed by atoms with Crippen LogP contribution in [0.1, 0.15) is 4.88 Å². The number of hydrogen-bond acceptors (Lipinski definition) is 4. The molecule has 3 rings (SSSR count). The Morgan fingerprint density at radius 1 is 1.21 bits per heavy atom. The molecule has 3 aromatic rings. The average molecular weight is 290 g/mol. The summed E-state index contributed by atoms with van der Waals surface area (Å²) >= 11 is 7.49. The third-order valence-electron chi connectivity index (χ3n) is 2.89. The van der Waals surface area contributed by atoms with Crippen LogP contribution in [0.25, 0.3) is 10.9 Å². The zero-order chi connectivity index (χ0) is 13.2. The highest BCUT2D eigenvalue weighted by Gasteiger charge is 2.05. The molecule has 19 heavy (non-hydrogen) atoms. The Balaban J connectivity index is 1.91. The van der Waals surface area contributed by atoms with Crippen molar-refractivity contribution in [1.82, 2.24) is 4.98 Å². The minimum absolute atomic E-state index is 0.729. The van der Waals surface area contributed by atoms with Crippen LogP contribution >= 0.6 is 22.9 Å². The highest BCUT2D eigenvalue weighted by atomic mass is 35.5. The van der Waals surface area contributed by atoms with E-state index in [0.717, 1.165) is 33.2 Å². The van der Waals surface area contributed by atoms with Crippen LogP contribution in [0, 0.1) is 0 Å². The lowest BCUT2D eigenvalue weighted by Gasteiger charge is -2.09. The van der Waals surface area contributed by atoms with Crippen molar-refractivity contribution in [3.63, 3.8) is 0 Å². The summed E-state index contributed by atoms with van der Waals surface area (Å²) in [4.78, 5) is 5.58. The normalized spacial score (nSPS) is 10.8. The van der Waals surface area contributed by atoms with E-state index in [9.17, 15) is 0 Å². The summed E-state index contributed by atoms with van der Waals surface area (Å²) in [5.74, 6) is 0. The van der Waals surface area contributed by atoms with Crippen molar-refractivity contribution in [2.24, 2.45) is 0 Å². The smallest absolute Gasteiger partial charge is 0.0953 e. The number of pyridine rings is 1. The number of rotatable bonds is 3. The van der Waals surface area contributed by atoms with Crippen LogP contribution in [0.3, 0.4) is 0 Å². The fraction of sp³-hybridized carbons (Fsp3) is 0.0714. The Labute approximate surface area is 120 Å². The molecule has 0 atom stereocenters. The fourth-order valence-electron chi connectivity index (χ4n) is 1.97. The van der Waals surface area contributed by atoms with E-state index in [2.05, 4.69) is 10.3 Å². The van der Waals surface area contributed by atoms with Gasteiger partial charge in [0.25, 0.3) is 0 Å². The van der Waals surface area contributed by atoms with E-state index in [1.54, 1.807) is 17.5 Å². The number of benzene rings is 1. The third-order valence-corrected chi connectivity index (χ3v) is 4.12. The predicted molar refractivity (Wildman–Crippen MR) is 82.8 cm³/mol. The minimum Gasteiger partial charge on any atom is -0.398 e. The highest BCUT2D eigenvalue weighted by molar-refractivity contribution is 7.16. The van der Waals surface area contributed by atoms with E-state index in [4.69, 9.17) is 17.3 Å². The highest BCUT2D eigenvalue weighted by Crippen LogP contribution is 2.28. The first kappa shape index (κ1) is 12.3. The third kappa shape index (κ3) is 2.50. The van der Waals surface area contributed by atoms with Crippen molar-refractivity contribution in [2.75, 3.05) is 11.1 Å². The summed E-state index contributed by atoms with van der Waals surface area (Å²) in [5.41, 5.74) is 8.57. The van der Waals surface area contributed by atoms with E-state index < -0.39 is 0 Å². The molecule has 0 aliphatic rings. The van der Waals surface area contributed by atoms with Crippen LogP contribution in [-0.2, 0) is 6.54 Å². The van der Waals surface area contributed by atoms with Gasteiger partial charge in [-0.3, -0.25) is 4.98 Å². The van der Waals surface area contributed by atoms with Gasteiger partial charge < -0.3 is 11.1 Å². The molecule has 2 heterocycles. The molecule has 0 saturated carbocycles. The second-order valence-electron chi connectivity index (χ2n) is 4.16. The number of anilines is 2. The van der Waals surface area contributed by atoms with E-state index in [1.165, 1.54) is 4.88 Å². The Morgan fingerprint density at radius 3 is 2.89 bits per heavy atom. The van der Waals surface area contributed by atoms with Gasteiger partial charge in [-0.1, -0.05) is 11.6 Å². The van der Waals surface area contributed by atoms with E-state index in [-0.39, 0.29) is 0 Å². The van der Waals surface area contributed by atoms with Gasteiger partial charge in [0.15, 0.2) is 0 Å². The molecule has 2 aromatic heterocycles. The van der Waals surface area contributed by atoms with Gasteiger partial charge in [0.1, 0.15) is 0 Å². The van der Waals surface area contributed by atoms with E-state index in [0.29, 0.717) is 0 Å². The van der Waals surface area contributed by atoms with Crippen molar-refractivity contribution in [2.45, 2.75) is 6.54 Å². The number of nitrogens with zero attached hydrogens (tertiary/aromatic N) is 1. The Hall–Kier alpha value is -1.78. The first-order chi connectivity index (χ1) is 9.24. The molecule has 3 nitrogen and oxygen atoms in total. The van der Waals surface area contributed by atoms with E-state index >= 15 is 0 Å². The lowest BCUT2D eigenvalue weighted by atomic mass is 10.1. The monoisotopic (exact) mass is 289 g/mol. The van der Waals surface area contributed by atoms with Crippen molar-refractivity contribution in [3.05, 3.63) is 51.8 Å². The summed E-state index contributed by atoms with van der Waals surface area (Å²) in [6, 6.07) is 11.6. The zero-order valence-electron chi connectivity index (χ0n) is 10.1. The van der Waals surface area contributed by atoms with Crippen LogP contribution in [0.4, 0.5) is 11.4 Å². The van der Waals surface area contributed by atoms with Crippen molar-refractivity contribution >= 4 is 45.2 Å². The molecule has 0 saturated heterocycles. The van der Waals surface area contributed by atoms with Gasteiger partial charge in [0, 0.05) is 28.7 Å². The van der Waals surface area contributed by atoms with Gasteiger partial charge in [-0.25, -0.2) is 0 Å². The molecule has 0 aliphatic carbocycles. The maximum Gasteiger partial charge on any atom is 0.0953 e. The maximum atomic E-state index is 5.95. The van der Waals surface area contributed by atoms with Crippen LogP contribution < -0.4 is 11.1 Å². The fourth-order valence-corrected chi connectivity index (χ4v) is 2.99.